The van der Waals surface area contributed by atoms with E-state index in [1.807, 2.05) is 16.9 Å². The third-order valence-corrected chi connectivity index (χ3v) is 5.67. The highest BCUT2D eigenvalue weighted by Crippen LogP contribution is 2.32. The predicted octanol–water partition coefficient (Wildman–Crippen LogP) is 6.04. The van der Waals surface area contributed by atoms with E-state index in [2.05, 4.69) is 23.2 Å². The van der Waals surface area contributed by atoms with E-state index in [1.54, 1.807) is 17.4 Å². The number of nitrogens with zero attached hydrogens (tertiary/aromatic N) is 3. The first-order chi connectivity index (χ1) is 12.4. The van der Waals surface area contributed by atoms with Gasteiger partial charge in [0, 0.05) is 28.1 Å². The number of aryl methyl sites for hydroxylation is 1. The lowest BCUT2D eigenvalue weighted by molar-refractivity contribution is -0.137. The van der Waals surface area contributed by atoms with Crippen molar-refractivity contribution in [1.82, 2.24) is 14.8 Å². The summed E-state index contributed by atoms with van der Waals surface area (Å²) in [6, 6.07) is 7.49. The van der Waals surface area contributed by atoms with Gasteiger partial charge in [-0.15, -0.1) is 21.5 Å². The van der Waals surface area contributed by atoms with Crippen LogP contribution in [-0.4, -0.2) is 14.8 Å². The lowest BCUT2D eigenvalue weighted by atomic mass is 10.1. The normalized spacial score (nSPS) is 11.9. The predicted molar refractivity (Wildman–Crippen MR) is 99.4 cm³/mol. The summed E-state index contributed by atoms with van der Waals surface area (Å²) in [6.07, 6.45) is -3.40. The van der Waals surface area contributed by atoms with E-state index in [9.17, 15) is 13.2 Å². The fourth-order valence-corrected chi connectivity index (χ4v) is 4.17. The Morgan fingerprint density at radius 1 is 1.19 bits per heavy atom. The summed E-state index contributed by atoms with van der Waals surface area (Å²) in [4.78, 5) is 1.20. The number of rotatable bonds is 6. The maximum absolute atomic E-state index is 12.9. The molecular weight excluding hydrogens is 379 g/mol. The Morgan fingerprint density at radius 2 is 2.00 bits per heavy atom. The minimum atomic E-state index is -4.33. The first kappa shape index (κ1) is 19.0. The summed E-state index contributed by atoms with van der Waals surface area (Å²) in [7, 11) is 0. The number of hydrogen-bond donors (Lipinski definition) is 0. The summed E-state index contributed by atoms with van der Waals surface area (Å²) in [5.74, 6) is 1.22. The molecule has 3 rings (SSSR count). The molecule has 0 N–H and O–H groups in total. The highest BCUT2D eigenvalue weighted by molar-refractivity contribution is 7.98. The Balaban J connectivity index is 1.81. The van der Waals surface area contributed by atoms with Crippen molar-refractivity contribution < 1.29 is 13.2 Å². The minimum absolute atomic E-state index is 0.411. The van der Waals surface area contributed by atoms with Gasteiger partial charge in [-0.3, -0.25) is 0 Å². The molecule has 0 saturated heterocycles. The van der Waals surface area contributed by atoms with Gasteiger partial charge < -0.3 is 4.57 Å². The number of benzene rings is 1. The number of alkyl halides is 3. The lowest BCUT2D eigenvalue weighted by Gasteiger charge is -2.10. The number of aromatic nitrogens is 3. The van der Waals surface area contributed by atoms with Crippen LogP contribution in [0.2, 0.25) is 0 Å². The first-order valence-electron chi connectivity index (χ1n) is 8.16. The quantitative estimate of drug-likeness (QED) is 0.475. The molecule has 0 aliphatic heterocycles. The number of hydrogen-bond acceptors (Lipinski definition) is 4. The van der Waals surface area contributed by atoms with Crippen molar-refractivity contribution in [2.75, 3.05) is 0 Å². The van der Waals surface area contributed by atoms with Gasteiger partial charge in [-0.25, -0.2) is 0 Å². The molecule has 0 unspecified atom stereocenters. The van der Waals surface area contributed by atoms with Gasteiger partial charge in [0.05, 0.1) is 5.56 Å². The molecule has 1 aromatic carbocycles. The molecule has 3 nitrogen and oxygen atoms in total. The van der Waals surface area contributed by atoms with E-state index in [0.29, 0.717) is 11.3 Å². The maximum atomic E-state index is 12.9. The van der Waals surface area contributed by atoms with Gasteiger partial charge in [-0.1, -0.05) is 36.9 Å². The van der Waals surface area contributed by atoms with Crippen molar-refractivity contribution in [2.24, 2.45) is 0 Å². The Hall–Kier alpha value is -1.80. The van der Waals surface area contributed by atoms with Crippen molar-refractivity contribution in [3.05, 3.63) is 51.7 Å². The Kier molecular flexibility index (Phi) is 5.72. The third-order valence-electron chi connectivity index (χ3n) is 3.78. The van der Waals surface area contributed by atoms with E-state index in [1.165, 1.54) is 28.8 Å². The zero-order valence-corrected chi connectivity index (χ0v) is 16.0. The lowest BCUT2D eigenvalue weighted by Crippen LogP contribution is -2.05. The molecule has 0 amide bonds. The molecule has 26 heavy (non-hydrogen) atoms. The highest BCUT2D eigenvalue weighted by atomic mass is 32.2. The van der Waals surface area contributed by atoms with Gasteiger partial charge in [0.2, 0.25) is 0 Å². The molecule has 138 valence electrons. The number of halogens is 3. The van der Waals surface area contributed by atoms with Crippen LogP contribution in [0, 0.1) is 6.92 Å². The van der Waals surface area contributed by atoms with Crippen molar-refractivity contribution >= 4 is 23.1 Å². The van der Waals surface area contributed by atoms with Crippen molar-refractivity contribution in [2.45, 2.75) is 43.9 Å². The zero-order chi connectivity index (χ0) is 18.7. The molecule has 0 aliphatic rings. The molecule has 3 aromatic rings. The Bertz CT molecular complexity index is 884. The van der Waals surface area contributed by atoms with E-state index < -0.39 is 11.7 Å². The van der Waals surface area contributed by atoms with Gasteiger partial charge in [0.1, 0.15) is 0 Å². The highest BCUT2D eigenvalue weighted by Gasteiger charge is 2.30. The molecule has 8 heteroatoms. The van der Waals surface area contributed by atoms with Crippen LogP contribution in [0.5, 0.6) is 0 Å². The van der Waals surface area contributed by atoms with Crippen LogP contribution in [0.1, 0.15) is 29.3 Å². The van der Waals surface area contributed by atoms with Crippen LogP contribution in [-0.2, 0) is 18.5 Å². The molecular formula is C18H18F3N3S2. The van der Waals surface area contributed by atoms with Crippen LogP contribution in [0.15, 0.2) is 40.9 Å². The standard InChI is InChI=1S/C18H18F3N3S2/c1-3-7-24-16(14-8-12(2)25-11-14)22-23-17(24)26-10-13-5-4-6-15(9-13)18(19,20)21/h4-6,8-9,11H,3,7,10H2,1-2H3. The Labute approximate surface area is 158 Å². The van der Waals surface area contributed by atoms with Crippen molar-refractivity contribution in [3.63, 3.8) is 0 Å². The summed E-state index contributed by atoms with van der Waals surface area (Å²) >= 11 is 3.06. The molecule has 2 heterocycles. The average Bonchev–Trinajstić information content (AvgIpc) is 3.19. The van der Waals surface area contributed by atoms with Crippen LogP contribution in [0.25, 0.3) is 11.4 Å². The van der Waals surface area contributed by atoms with Crippen LogP contribution < -0.4 is 0 Å². The molecule has 0 spiro atoms. The smallest absolute Gasteiger partial charge is 0.302 e. The van der Waals surface area contributed by atoms with Crippen molar-refractivity contribution in [1.29, 1.82) is 0 Å². The molecule has 0 atom stereocenters. The summed E-state index contributed by atoms with van der Waals surface area (Å²) in [6.45, 7) is 4.88. The summed E-state index contributed by atoms with van der Waals surface area (Å²) in [5, 5.41) is 11.3. The summed E-state index contributed by atoms with van der Waals surface area (Å²) in [5.41, 5.74) is 1.02. The van der Waals surface area contributed by atoms with Crippen LogP contribution >= 0.6 is 23.1 Å². The van der Waals surface area contributed by atoms with Gasteiger partial charge in [-0.05, 0) is 31.0 Å². The second-order valence-corrected chi connectivity index (χ2v) is 7.95. The second kappa shape index (κ2) is 7.84. The molecule has 0 saturated carbocycles. The molecule has 0 aliphatic carbocycles. The molecule has 2 aromatic heterocycles. The van der Waals surface area contributed by atoms with Gasteiger partial charge >= 0.3 is 6.18 Å². The fourth-order valence-electron chi connectivity index (χ4n) is 2.58. The molecule has 0 radical (unpaired) electrons. The van der Waals surface area contributed by atoms with Gasteiger partial charge in [0.15, 0.2) is 11.0 Å². The van der Waals surface area contributed by atoms with Crippen molar-refractivity contribution in [3.8, 4) is 11.4 Å². The average molecular weight is 397 g/mol. The van der Waals surface area contributed by atoms with Gasteiger partial charge in [0.25, 0.3) is 0 Å². The number of thioether (sulfide) groups is 1. The SMILES string of the molecule is CCCn1c(SCc2cccc(C(F)(F)F)c2)nnc1-c1csc(C)c1. The third kappa shape index (κ3) is 4.29. The topological polar surface area (TPSA) is 30.7 Å². The Morgan fingerprint density at radius 3 is 2.65 bits per heavy atom. The first-order valence-corrected chi connectivity index (χ1v) is 10.0. The maximum Gasteiger partial charge on any atom is 0.416 e. The monoisotopic (exact) mass is 397 g/mol. The largest absolute Gasteiger partial charge is 0.416 e. The molecule has 0 bridgehead atoms. The van der Waals surface area contributed by atoms with E-state index in [4.69, 9.17) is 0 Å². The van der Waals surface area contributed by atoms with E-state index in [0.717, 1.165) is 35.6 Å². The van der Waals surface area contributed by atoms with Gasteiger partial charge in [-0.2, -0.15) is 13.2 Å². The van der Waals surface area contributed by atoms with Crippen LogP contribution in [0.4, 0.5) is 13.2 Å². The van der Waals surface area contributed by atoms with Crippen LogP contribution in [0.3, 0.4) is 0 Å². The number of thiophene rings is 1. The molecule has 0 fully saturated rings. The minimum Gasteiger partial charge on any atom is -0.302 e. The zero-order valence-electron chi connectivity index (χ0n) is 14.4. The van der Waals surface area contributed by atoms with E-state index >= 15 is 0 Å². The second-order valence-electron chi connectivity index (χ2n) is 5.89. The van der Waals surface area contributed by atoms with E-state index in [-0.39, 0.29) is 0 Å². The fraction of sp³-hybridized carbons (Fsp3) is 0.333. The summed E-state index contributed by atoms with van der Waals surface area (Å²) < 4.78 is 40.6.